The van der Waals surface area contributed by atoms with E-state index < -0.39 is 37.0 Å². The quantitative estimate of drug-likeness (QED) is 0.362. The number of sulfonamides is 1. The monoisotopic (exact) mass is 372 g/mol. The number of carbonyl (C=O) groups is 1. The number of morpholine rings is 1. The lowest BCUT2D eigenvalue weighted by Gasteiger charge is -2.26. The van der Waals surface area contributed by atoms with Crippen molar-refractivity contribution in [3.63, 3.8) is 0 Å². The van der Waals surface area contributed by atoms with Crippen LogP contribution in [0, 0.1) is 10.1 Å². The lowest BCUT2D eigenvalue weighted by atomic mass is 10.2. The van der Waals surface area contributed by atoms with Gasteiger partial charge in [0.1, 0.15) is 10.5 Å². The number of amides is 1. The lowest BCUT2D eigenvalue weighted by molar-refractivity contribution is -0.385. The molecule has 10 nitrogen and oxygen atoms in total. The number of hydrogen-bond donors (Lipinski definition) is 2. The van der Waals surface area contributed by atoms with E-state index in [9.17, 15) is 23.3 Å². The van der Waals surface area contributed by atoms with Crippen molar-refractivity contribution >= 4 is 21.6 Å². The zero-order valence-corrected chi connectivity index (χ0v) is 14.3. The van der Waals surface area contributed by atoms with E-state index in [2.05, 4.69) is 9.62 Å². The van der Waals surface area contributed by atoms with Crippen molar-refractivity contribution in [1.29, 1.82) is 0 Å². The van der Waals surface area contributed by atoms with Gasteiger partial charge in [-0.05, 0) is 19.0 Å². The molecule has 1 aliphatic rings. The summed E-state index contributed by atoms with van der Waals surface area (Å²) in [5.41, 5.74) is 3.90. The highest BCUT2D eigenvalue weighted by Gasteiger charge is 2.28. The number of primary amides is 1. The summed E-state index contributed by atoms with van der Waals surface area (Å²) in [5.74, 6) is -1.17. The SMILES string of the molecule is NC(=O)c1c([N+](=O)[O-])cccc1S(=O)(=O)NCCCN1CCOCC1. The molecule has 25 heavy (non-hydrogen) atoms. The third-order valence-corrected chi connectivity index (χ3v) is 5.29. The molecule has 2 rings (SSSR count). The van der Waals surface area contributed by atoms with Crippen LogP contribution in [0.5, 0.6) is 0 Å². The number of carbonyl (C=O) groups excluding carboxylic acids is 1. The van der Waals surface area contributed by atoms with Crippen LogP contribution < -0.4 is 10.5 Å². The minimum atomic E-state index is -4.09. The van der Waals surface area contributed by atoms with Gasteiger partial charge in [0, 0.05) is 25.7 Å². The normalized spacial score (nSPS) is 15.8. The Morgan fingerprint density at radius 3 is 2.64 bits per heavy atom. The molecule has 0 radical (unpaired) electrons. The topological polar surface area (TPSA) is 145 Å². The molecular weight excluding hydrogens is 352 g/mol. The van der Waals surface area contributed by atoms with E-state index in [1.165, 1.54) is 6.07 Å². The first-order chi connectivity index (χ1) is 11.8. The van der Waals surface area contributed by atoms with Crippen LogP contribution in [0.15, 0.2) is 23.1 Å². The molecule has 0 saturated carbocycles. The van der Waals surface area contributed by atoms with Gasteiger partial charge < -0.3 is 10.5 Å². The van der Waals surface area contributed by atoms with Gasteiger partial charge in [0.05, 0.1) is 18.1 Å². The van der Waals surface area contributed by atoms with Crippen molar-refractivity contribution < 1.29 is 22.9 Å². The number of nitrogens with zero attached hydrogens (tertiary/aromatic N) is 2. The van der Waals surface area contributed by atoms with Gasteiger partial charge in [0.15, 0.2) is 0 Å². The molecule has 1 amide bonds. The molecule has 1 aliphatic heterocycles. The third-order valence-electron chi connectivity index (χ3n) is 3.78. The van der Waals surface area contributed by atoms with Crippen molar-refractivity contribution in [3.05, 3.63) is 33.9 Å². The fraction of sp³-hybridized carbons (Fsp3) is 0.500. The van der Waals surface area contributed by atoms with Crippen LogP contribution in [-0.2, 0) is 14.8 Å². The van der Waals surface area contributed by atoms with Crippen molar-refractivity contribution in [1.82, 2.24) is 9.62 Å². The number of nitro benzene ring substituents is 1. The maximum atomic E-state index is 12.4. The van der Waals surface area contributed by atoms with Crippen molar-refractivity contribution in [3.8, 4) is 0 Å². The predicted octanol–water partition coefficient (Wildman–Crippen LogP) is -0.306. The molecule has 1 heterocycles. The summed E-state index contributed by atoms with van der Waals surface area (Å²) in [7, 11) is -4.09. The molecule has 0 atom stereocenters. The summed E-state index contributed by atoms with van der Waals surface area (Å²) in [5, 5.41) is 11.0. The highest BCUT2D eigenvalue weighted by Crippen LogP contribution is 2.25. The first-order valence-electron chi connectivity index (χ1n) is 7.70. The van der Waals surface area contributed by atoms with Gasteiger partial charge in [0.25, 0.3) is 11.6 Å². The molecule has 0 aliphatic carbocycles. The van der Waals surface area contributed by atoms with E-state index >= 15 is 0 Å². The minimum Gasteiger partial charge on any atom is -0.379 e. The van der Waals surface area contributed by atoms with Gasteiger partial charge in [-0.15, -0.1) is 0 Å². The highest BCUT2D eigenvalue weighted by atomic mass is 32.2. The molecule has 138 valence electrons. The average Bonchev–Trinajstić information content (AvgIpc) is 2.59. The zero-order chi connectivity index (χ0) is 18.4. The van der Waals surface area contributed by atoms with Gasteiger partial charge in [-0.3, -0.25) is 19.8 Å². The third kappa shape index (κ3) is 4.95. The minimum absolute atomic E-state index is 0.139. The fourth-order valence-electron chi connectivity index (χ4n) is 2.56. The Hall–Kier alpha value is -2.08. The molecule has 3 N–H and O–H groups in total. The molecule has 0 spiro atoms. The van der Waals surface area contributed by atoms with E-state index in [1.807, 2.05) is 0 Å². The second-order valence-corrected chi connectivity index (χ2v) is 7.21. The molecule has 0 bridgehead atoms. The summed E-state index contributed by atoms with van der Waals surface area (Å²) in [6, 6.07) is 3.36. The van der Waals surface area contributed by atoms with Crippen LogP contribution in [0.4, 0.5) is 5.69 Å². The highest BCUT2D eigenvalue weighted by molar-refractivity contribution is 7.89. The molecule has 0 aromatic heterocycles. The Kier molecular flexibility index (Phi) is 6.42. The fourth-order valence-corrected chi connectivity index (χ4v) is 3.86. The number of ether oxygens (including phenoxy) is 1. The van der Waals surface area contributed by atoms with E-state index in [4.69, 9.17) is 10.5 Å². The molecule has 11 heteroatoms. The van der Waals surface area contributed by atoms with Crippen molar-refractivity contribution in [2.45, 2.75) is 11.3 Å². The summed E-state index contributed by atoms with van der Waals surface area (Å²) in [6.45, 7) is 3.74. The van der Waals surface area contributed by atoms with Crippen LogP contribution in [0.2, 0.25) is 0 Å². The number of nitrogens with one attached hydrogen (secondary N) is 1. The summed E-state index contributed by atoms with van der Waals surface area (Å²) in [4.78, 5) is 23.4. The molecule has 1 aromatic carbocycles. The van der Waals surface area contributed by atoms with Crippen LogP contribution in [0.25, 0.3) is 0 Å². The summed E-state index contributed by atoms with van der Waals surface area (Å²) < 4.78 is 32.4. The molecule has 1 fully saturated rings. The Labute approximate surface area is 145 Å². The van der Waals surface area contributed by atoms with E-state index in [0.717, 1.165) is 25.2 Å². The number of rotatable bonds is 8. The molecule has 1 aromatic rings. The van der Waals surface area contributed by atoms with Crippen molar-refractivity contribution in [2.24, 2.45) is 5.73 Å². The van der Waals surface area contributed by atoms with Crippen LogP contribution in [-0.4, -0.2) is 63.5 Å². The van der Waals surface area contributed by atoms with E-state index in [1.54, 1.807) is 0 Å². The molecule has 0 unspecified atom stereocenters. The smallest absolute Gasteiger partial charge is 0.283 e. The van der Waals surface area contributed by atoms with Crippen molar-refractivity contribution in [2.75, 3.05) is 39.4 Å². The maximum absolute atomic E-state index is 12.4. The van der Waals surface area contributed by atoms with Gasteiger partial charge in [-0.1, -0.05) is 6.07 Å². The number of nitrogens with two attached hydrogens (primary N) is 1. The average molecular weight is 372 g/mol. The van der Waals surface area contributed by atoms with Gasteiger partial charge in [-0.25, -0.2) is 13.1 Å². The Morgan fingerprint density at radius 1 is 1.36 bits per heavy atom. The van der Waals surface area contributed by atoms with E-state index in [0.29, 0.717) is 26.2 Å². The second kappa shape index (κ2) is 8.34. The first-order valence-corrected chi connectivity index (χ1v) is 9.18. The Bertz CT molecular complexity index is 746. The Morgan fingerprint density at radius 2 is 2.04 bits per heavy atom. The second-order valence-electron chi connectivity index (χ2n) is 5.48. The Balaban J connectivity index is 2.07. The number of hydrogen-bond acceptors (Lipinski definition) is 7. The summed E-state index contributed by atoms with van der Waals surface area (Å²) >= 11 is 0. The summed E-state index contributed by atoms with van der Waals surface area (Å²) in [6.07, 6.45) is 0.556. The first kappa shape index (κ1) is 19.2. The number of benzene rings is 1. The lowest BCUT2D eigenvalue weighted by Crippen LogP contribution is -2.38. The zero-order valence-electron chi connectivity index (χ0n) is 13.5. The van der Waals surface area contributed by atoms with Gasteiger partial charge in [-0.2, -0.15) is 0 Å². The van der Waals surface area contributed by atoms with E-state index in [-0.39, 0.29) is 6.54 Å². The molecule has 1 saturated heterocycles. The standard InChI is InChI=1S/C14H20N4O6S/c15-14(19)13-11(18(20)21)3-1-4-12(13)25(22,23)16-5-2-6-17-7-9-24-10-8-17/h1,3-4,16H,2,5-10H2,(H2,15,19). The van der Waals surface area contributed by atoms with Crippen LogP contribution in [0.1, 0.15) is 16.8 Å². The van der Waals surface area contributed by atoms with Gasteiger partial charge in [0.2, 0.25) is 10.0 Å². The van der Waals surface area contributed by atoms with Crippen LogP contribution in [0.3, 0.4) is 0 Å². The maximum Gasteiger partial charge on any atom is 0.283 e. The largest absolute Gasteiger partial charge is 0.379 e. The number of nitro groups is 1. The van der Waals surface area contributed by atoms with Crippen LogP contribution >= 0.6 is 0 Å². The molecular formula is C14H20N4O6S. The van der Waals surface area contributed by atoms with Gasteiger partial charge >= 0.3 is 0 Å². The predicted molar refractivity (Wildman–Crippen MR) is 88.7 cm³/mol.